The number of hydrogen-bond acceptors (Lipinski definition) is 4. The van der Waals surface area contributed by atoms with Crippen molar-refractivity contribution in [3.63, 3.8) is 0 Å². The summed E-state index contributed by atoms with van der Waals surface area (Å²) in [5.41, 5.74) is 1.71. The molecule has 0 radical (unpaired) electrons. The van der Waals surface area contributed by atoms with Crippen LogP contribution in [0, 0.1) is 6.92 Å². The van der Waals surface area contributed by atoms with Crippen LogP contribution in [0.3, 0.4) is 0 Å². The van der Waals surface area contributed by atoms with Gasteiger partial charge in [-0.1, -0.05) is 43.3 Å². The second-order valence-electron chi connectivity index (χ2n) is 6.96. The quantitative estimate of drug-likeness (QED) is 0.561. The molecule has 0 saturated carbocycles. The summed E-state index contributed by atoms with van der Waals surface area (Å²) in [6, 6.07) is 20.3. The van der Waals surface area contributed by atoms with Gasteiger partial charge in [0.1, 0.15) is 24.7 Å². The molecule has 1 aromatic heterocycles. The first-order valence-electron chi connectivity index (χ1n) is 9.98. The number of nitrogens with one attached hydrogen (secondary N) is 1. The highest BCUT2D eigenvalue weighted by Gasteiger charge is 2.21. The van der Waals surface area contributed by atoms with Crippen molar-refractivity contribution in [1.29, 1.82) is 0 Å². The van der Waals surface area contributed by atoms with Gasteiger partial charge in [0.25, 0.3) is 5.91 Å². The molecule has 6 heteroatoms. The van der Waals surface area contributed by atoms with E-state index in [1.807, 2.05) is 68.4 Å². The van der Waals surface area contributed by atoms with E-state index < -0.39 is 0 Å². The number of carbonyl (C=O) groups is 2. The fourth-order valence-corrected chi connectivity index (χ4v) is 3.00. The average molecular weight is 406 g/mol. The van der Waals surface area contributed by atoms with Gasteiger partial charge in [-0.05, 0) is 49.2 Å². The number of para-hydroxylation sites is 2. The summed E-state index contributed by atoms with van der Waals surface area (Å²) in [5, 5.41) is 2.87. The number of benzene rings is 2. The molecule has 156 valence electrons. The molecule has 0 bridgehead atoms. The fraction of sp³-hybridized carbons (Fsp3) is 0.250. The highest BCUT2D eigenvalue weighted by atomic mass is 16.5. The number of anilines is 1. The van der Waals surface area contributed by atoms with Crippen LogP contribution < -0.4 is 10.1 Å². The minimum atomic E-state index is -0.317. The predicted octanol–water partition coefficient (Wildman–Crippen LogP) is 4.66. The van der Waals surface area contributed by atoms with Crippen LogP contribution in [0.25, 0.3) is 0 Å². The van der Waals surface area contributed by atoms with Crippen LogP contribution >= 0.6 is 0 Å². The molecule has 3 rings (SSSR count). The Morgan fingerprint density at radius 3 is 2.47 bits per heavy atom. The Labute approximate surface area is 176 Å². The lowest BCUT2D eigenvalue weighted by Gasteiger charge is -2.20. The van der Waals surface area contributed by atoms with E-state index in [1.165, 1.54) is 4.90 Å². The van der Waals surface area contributed by atoms with Gasteiger partial charge in [0, 0.05) is 12.2 Å². The molecule has 0 aliphatic heterocycles. The number of amides is 2. The standard InChI is InChI=1S/C24H26N2O4/c1-3-15-26(16-23(27)25-21-12-8-7-9-18(21)2)24(28)22-14-13-20(30-22)17-29-19-10-5-4-6-11-19/h4-14H,3,15-17H2,1-2H3,(H,25,27). The third-order valence-corrected chi connectivity index (χ3v) is 4.53. The summed E-state index contributed by atoms with van der Waals surface area (Å²) in [4.78, 5) is 26.9. The predicted molar refractivity (Wildman–Crippen MR) is 115 cm³/mol. The van der Waals surface area contributed by atoms with Gasteiger partial charge in [-0.2, -0.15) is 0 Å². The second-order valence-corrected chi connectivity index (χ2v) is 6.96. The summed E-state index contributed by atoms with van der Waals surface area (Å²) in [6.07, 6.45) is 0.730. The van der Waals surface area contributed by atoms with Crippen LogP contribution in [0.5, 0.6) is 5.75 Å². The molecule has 1 N–H and O–H groups in total. The van der Waals surface area contributed by atoms with Crippen LogP contribution in [0.15, 0.2) is 71.1 Å². The van der Waals surface area contributed by atoms with E-state index in [2.05, 4.69) is 5.32 Å². The van der Waals surface area contributed by atoms with Gasteiger partial charge in [0.2, 0.25) is 5.91 Å². The maximum absolute atomic E-state index is 12.9. The van der Waals surface area contributed by atoms with Crippen LogP contribution in [0.2, 0.25) is 0 Å². The third-order valence-electron chi connectivity index (χ3n) is 4.53. The zero-order chi connectivity index (χ0) is 21.3. The lowest BCUT2D eigenvalue weighted by Crippen LogP contribution is -2.38. The van der Waals surface area contributed by atoms with Crippen molar-refractivity contribution in [2.45, 2.75) is 26.9 Å². The van der Waals surface area contributed by atoms with E-state index in [4.69, 9.17) is 9.15 Å². The molecule has 2 amide bonds. The molecular formula is C24H26N2O4. The van der Waals surface area contributed by atoms with Crippen LogP contribution in [0.1, 0.15) is 35.2 Å². The first-order chi connectivity index (χ1) is 14.6. The van der Waals surface area contributed by atoms with Crippen molar-refractivity contribution in [1.82, 2.24) is 4.90 Å². The normalized spacial score (nSPS) is 10.5. The number of nitrogens with zero attached hydrogens (tertiary/aromatic N) is 1. The largest absolute Gasteiger partial charge is 0.486 e. The summed E-state index contributed by atoms with van der Waals surface area (Å²) in [7, 11) is 0. The van der Waals surface area contributed by atoms with Gasteiger partial charge < -0.3 is 19.4 Å². The third kappa shape index (κ3) is 5.73. The molecule has 0 atom stereocenters. The van der Waals surface area contributed by atoms with Crippen molar-refractivity contribution >= 4 is 17.5 Å². The highest BCUT2D eigenvalue weighted by molar-refractivity contribution is 5.98. The Morgan fingerprint density at radius 1 is 1.00 bits per heavy atom. The molecule has 0 spiro atoms. The number of carbonyl (C=O) groups excluding carboxylic acids is 2. The molecule has 0 fully saturated rings. The van der Waals surface area contributed by atoms with E-state index in [0.29, 0.717) is 12.3 Å². The van der Waals surface area contributed by atoms with E-state index >= 15 is 0 Å². The monoisotopic (exact) mass is 406 g/mol. The van der Waals surface area contributed by atoms with Crippen molar-refractivity contribution in [2.75, 3.05) is 18.4 Å². The summed E-state index contributed by atoms with van der Waals surface area (Å²) in [5.74, 6) is 0.900. The Hall–Kier alpha value is -3.54. The molecule has 0 saturated heterocycles. The molecule has 30 heavy (non-hydrogen) atoms. The Kier molecular flexibility index (Phi) is 7.27. The van der Waals surface area contributed by atoms with Gasteiger partial charge in [-0.15, -0.1) is 0 Å². The second kappa shape index (κ2) is 10.3. The molecular weight excluding hydrogens is 380 g/mol. The summed E-state index contributed by atoms with van der Waals surface area (Å²) in [6.45, 7) is 4.51. The highest BCUT2D eigenvalue weighted by Crippen LogP contribution is 2.16. The van der Waals surface area contributed by atoms with E-state index in [9.17, 15) is 9.59 Å². The van der Waals surface area contributed by atoms with Crippen LogP contribution in [0.4, 0.5) is 5.69 Å². The SMILES string of the molecule is CCCN(CC(=O)Nc1ccccc1C)C(=O)c1ccc(COc2ccccc2)o1. The Bertz CT molecular complexity index is 982. The zero-order valence-corrected chi connectivity index (χ0v) is 17.3. The first kappa shape index (κ1) is 21.2. The average Bonchev–Trinajstić information content (AvgIpc) is 3.23. The maximum atomic E-state index is 12.9. The van der Waals surface area contributed by atoms with E-state index in [-0.39, 0.29) is 30.7 Å². The van der Waals surface area contributed by atoms with E-state index in [1.54, 1.807) is 12.1 Å². The Balaban J connectivity index is 1.61. The molecule has 3 aromatic rings. The van der Waals surface area contributed by atoms with Gasteiger partial charge >= 0.3 is 0 Å². The number of aryl methyl sites for hydroxylation is 1. The minimum Gasteiger partial charge on any atom is -0.486 e. The molecule has 0 aliphatic carbocycles. The van der Waals surface area contributed by atoms with Crippen LogP contribution in [-0.2, 0) is 11.4 Å². The van der Waals surface area contributed by atoms with Crippen LogP contribution in [-0.4, -0.2) is 29.8 Å². The van der Waals surface area contributed by atoms with Crippen molar-refractivity contribution in [2.24, 2.45) is 0 Å². The molecule has 0 aliphatic rings. The van der Waals surface area contributed by atoms with Gasteiger partial charge in [-0.3, -0.25) is 9.59 Å². The Morgan fingerprint density at radius 2 is 1.73 bits per heavy atom. The first-order valence-corrected chi connectivity index (χ1v) is 9.98. The number of ether oxygens (including phenoxy) is 1. The van der Waals surface area contributed by atoms with Crippen molar-refractivity contribution in [3.8, 4) is 5.75 Å². The lowest BCUT2D eigenvalue weighted by molar-refractivity contribution is -0.116. The topological polar surface area (TPSA) is 71.8 Å². The fourth-order valence-electron chi connectivity index (χ4n) is 3.00. The minimum absolute atomic E-state index is 0.0441. The van der Waals surface area contributed by atoms with Crippen molar-refractivity contribution in [3.05, 3.63) is 83.8 Å². The van der Waals surface area contributed by atoms with E-state index in [0.717, 1.165) is 23.4 Å². The van der Waals surface area contributed by atoms with Gasteiger partial charge in [-0.25, -0.2) is 0 Å². The molecule has 1 heterocycles. The molecule has 2 aromatic carbocycles. The molecule has 0 unspecified atom stereocenters. The summed E-state index contributed by atoms with van der Waals surface area (Å²) >= 11 is 0. The smallest absolute Gasteiger partial charge is 0.290 e. The van der Waals surface area contributed by atoms with Gasteiger partial charge in [0.15, 0.2) is 5.76 Å². The number of hydrogen-bond donors (Lipinski definition) is 1. The van der Waals surface area contributed by atoms with Gasteiger partial charge in [0.05, 0.1) is 0 Å². The zero-order valence-electron chi connectivity index (χ0n) is 17.3. The van der Waals surface area contributed by atoms with Crippen molar-refractivity contribution < 1.29 is 18.7 Å². The lowest BCUT2D eigenvalue weighted by atomic mass is 10.2. The number of rotatable bonds is 9. The number of furan rings is 1. The summed E-state index contributed by atoms with van der Waals surface area (Å²) < 4.78 is 11.3. The molecule has 6 nitrogen and oxygen atoms in total. The maximum Gasteiger partial charge on any atom is 0.290 e.